The molecule has 0 aromatic heterocycles. The molecule has 0 nitrogen and oxygen atoms in total. The molecular weight excluding hydrogens is 252 g/mol. The monoisotopic (exact) mass is 284 g/mol. The van der Waals surface area contributed by atoms with Gasteiger partial charge in [-0.1, -0.05) is 97.0 Å². The van der Waals surface area contributed by atoms with Crippen LogP contribution in [-0.4, -0.2) is 0 Å². The summed E-state index contributed by atoms with van der Waals surface area (Å²) in [6.07, 6.45) is 1.10. The average molecular weight is 284 g/mol. The van der Waals surface area contributed by atoms with Crippen molar-refractivity contribution in [3.05, 3.63) is 59.7 Å². The highest BCUT2D eigenvalue weighted by atomic mass is 14.1. The second-order valence-electron chi connectivity index (χ2n) is 4.83. The highest BCUT2D eigenvalue weighted by Gasteiger charge is 2.00. The Hall–Kier alpha value is -1.56. The second kappa shape index (κ2) is 11.1. The Kier molecular flexibility index (Phi) is 10.3. The lowest BCUT2D eigenvalue weighted by Gasteiger charge is -2.07. The minimum Gasteiger partial charge on any atom is -0.0683 e. The summed E-state index contributed by atoms with van der Waals surface area (Å²) in [6.45, 7) is 14.6. The highest BCUT2D eigenvalue weighted by Crippen LogP contribution is 2.23. The van der Waals surface area contributed by atoms with Crippen molar-refractivity contribution in [1.29, 1.82) is 0 Å². The van der Waals surface area contributed by atoms with Gasteiger partial charge in [-0.25, -0.2) is 0 Å². The fourth-order valence-electron chi connectivity index (χ4n) is 1.99. The Labute approximate surface area is 132 Å². The lowest BCUT2D eigenvalue weighted by atomic mass is 9.98. The molecule has 116 valence electrons. The molecule has 0 aliphatic rings. The van der Waals surface area contributed by atoms with Gasteiger partial charge in [0.1, 0.15) is 0 Å². The van der Waals surface area contributed by atoms with Gasteiger partial charge in [0.05, 0.1) is 0 Å². The molecule has 2 rings (SSSR count). The average Bonchev–Trinajstić information content (AvgIpc) is 2.58. The van der Waals surface area contributed by atoms with Crippen molar-refractivity contribution < 1.29 is 0 Å². The zero-order chi connectivity index (χ0) is 16.3. The highest BCUT2D eigenvalue weighted by molar-refractivity contribution is 5.64. The molecule has 0 aliphatic carbocycles. The quantitative estimate of drug-likeness (QED) is 0.564. The van der Waals surface area contributed by atoms with Crippen molar-refractivity contribution >= 4 is 0 Å². The molecule has 0 saturated carbocycles. The van der Waals surface area contributed by atoms with Gasteiger partial charge in [-0.05, 0) is 34.6 Å². The van der Waals surface area contributed by atoms with E-state index in [4.69, 9.17) is 0 Å². The summed E-state index contributed by atoms with van der Waals surface area (Å²) >= 11 is 0. The summed E-state index contributed by atoms with van der Waals surface area (Å²) in [5.41, 5.74) is 5.40. The van der Waals surface area contributed by atoms with E-state index in [2.05, 4.69) is 69.3 Å². The molecule has 0 amide bonds. The first-order valence-corrected chi connectivity index (χ1v) is 8.40. The third-order valence-corrected chi connectivity index (χ3v) is 3.27. The van der Waals surface area contributed by atoms with Crippen LogP contribution < -0.4 is 0 Å². The summed E-state index contributed by atoms with van der Waals surface area (Å²) in [7, 11) is 0. The van der Waals surface area contributed by atoms with E-state index in [0.717, 1.165) is 6.42 Å². The number of benzene rings is 2. The lowest BCUT2D eigenvalue weighted by Crippen LogP contribution is -1.87. The standard InChI is InChI=1S/C17H20.2C2H6/c1-4-14-5-7-16(8-6-14)17-11-9-15(10-12-17)13(2)3;2*1-2/h5-13H,4H2,1-3H3;2*1-2H3. The van der Waals surface area contributed by atoms with Gasteiger partial charge < -0.3 is 0 Å². The Morgan fingerprint density at radius 1 is 0.667 bits per heavy atom. The van der Waals surface area contributed by atoms with E-state index < -0.39 is 0 Å². The fourth-order valence-corrected chi connectivity index (χ4v) is 1.99. The van der Waals surface area contributed by atoms with Crippen LogP contribution in [0, 0.1) is 0 Å². The zero-order valence-corrected chi connectivity index (χ0v) is 14.9. The van der Waals surface area contributed by atoms with Gasteiger partial charge in [0.15, 0.2) is 0 Å². The van der Waals surface area contributed by atoms with E-state index in [1.54, 1.807) is 0 Å². The first kappa shape index (κ1) is 19.4. The van der Waals surface area contributed by atoms with Gasteiger partial charge >= 0.3 is 0 Å². The zero-order valence-electron chi connectivity index (χ0n) is 14.9. The van der Waals surface area contributed by atoms with Gasteiger partial charge in [0.2, 0.25) is 0 Å². The van der Waals surface area contributed by atoms with Gasteiger partial charge in [-0.3, -0.25) is 0 Å². The van der Waals surface area contributed by atoms with Crippen molar-refractivity contribution in [3.63, 3.8) is 0 Å². The van der Waals surface area contributed by atoms with Crippen molar-refractivity contribution in [1.82, 2.24) is 0 Å². The molecule has 0 atom stereocenters. The van der Waals surface area contributed by atoms with Crippen LogP contribution in [0.3, 0.4) is 0 Å². The largest absolute Gasteiger partial charge is 0.0683 e. The van der Waals surface area contributed by atoms with Gasteiger partial charge in [-0.15, -0.1) is 0 Å². The first-order valence-electron chi connectivity index (χ1n) is 8.40. The molecule has 0 heterocycles. The van der Waals surface area contributed by atoms with E-state index in [9.17, 15) is 0 Å². The van der Waals surface area contributed by atoms with Crippen LogP contribution in [-0.2, 0) is 6.42 Å². The number of hydrogen-bond donors (Lipinski definition) is 0. The molecule has 0 N–H and O–H groups in total. The molecule has 0 bridgehead atoms. The number of hydrogen-bond acceptors (Lipinski definition) is 0. The third-order valence-electron chi connectivity index (χ3n) is 3.27. The summed E-state index contributed by atoms with van der Waals surface area (Å²) in [5, 5.41) is 0. The molecule has 2 aromatic rings. The maximum absolute atomic E-state index is 2.23. The molecule has 0 heteroatoms. The van der Waals surface area contributed by atoms with Crippen LogP contribution in [0.2, 0.25) is 0 Å². The van der Waals surface area contributed by atoms with Crippen molar-refractivity contribution in [3.8, 4) is 11.1 Å². The van der Waals surface area contributed by atoms with Crippen LogP contribution in [0.1, 0.15) is 65.5 Å². The van der Waals surface area contributed by atoms with E-state index in [-0.39, 0.29) is 0 Å². The topological polar surface area (TPSA) is 0 Å². The van der Waals surface area contributed by atoms with Gasteiger partial charge in [0.25, 0.3) is 0 Å². The molecular formula is C21H32. The Morgan fingerprint density at radius 3 is 1.38 bits per heavy atom. The minimum atomic E-state index is 0.603. The van der Waals surface area contributed by atoms with Gasteiger partial charge in [-0.2, -0.15) is 0 Å². The normalized spacial score (nSPS) is 9.33. The predicted molar refractivity (Wildman–Crippen MR) is 98.0 cm³/mol. The molecule has 21 heavy (non-hydrogen) atoms. The van der Waals surface area contributed by atoms with Crippen molar-refractivity contribution in [2.75, 3.05) is 0 Å². The Balaban J connectivity index is 0.000000921. The number of aryl methyl sites for hydroxylation is 1. The van der Waals surface area contributed by atoms with Crippen LogP contribution in [0.25, 0.3) is 11.1 Å². The maximum Gasteiger partial charge on any atom is -0.0184 e. The molecule has 0 aliphatic heterocycles. The summed E-state index contributed by atoms with van der Waals surface area (Å²) in [6, 6.07) is 17.7. The second-order valence-corrected chi connectivity index (χ2v) is 4.83. The predicted octanol–water partition coefficient (Wildman–Crippen LogP) is 7.09. The van der Waals surface area contributed by atoms with E-state index in [1.165, 1.54) is 22.3 Å². The number of rotatable bonds is 3. The maximum atomic E-state index is 2.23. The summed E-state index contributed by atoms with van der Waals surface area (Å²) < 4.78 is 0. The molecule has 0 spiro atoms. The summed E-state index contributed by atoms with van der Waals surface area (Å²) in [5.74, 6) is 0.603. The molecule has 2 aromatic carbocycles. The Morgan fingerprint density at radius 2 is 1.05 bits per heavy atom. The van der Waals surface area contributed by atoms with Crippen LogP contribution in [0.5, 0.6) is 0 Å². The molecule has 0 saturated heterocycles. The van der Waals surface area contributed by atoms with Crippen LogP contribution >= 0.6 is 0 Å². The Bertz CT molecular complexity index is 460. The SMILES string of the molecule is CC.CC.CCc1ccc(-c2ccc(C(C)C)cc2)cc1. The fraction of sp³-hybridized carbons (Fsp3) is 0.429. The molecule has 0 radical (unpaired) electrons. The van der Waals surface area contributed by atoms with E-state index in [0.29, 0.717) is 5.92 Å². The van der Waals surface area contributed by atoms with Crippen LogP contribution in [0.4, 0.5) is 0 Å². The van der Waals surface area contributed by atoms with Gasteiger partial charge in [0, 0.05) is 0 Å². The smallest absolute Gasteiger partial charge is 0.0184 e. The molecule has 0 fully saturated rings. The third kappa shape index (κ3) is 6.16. The van der Waals surface area contributed by atoms with E-state index in [1.807, 2.05) is 27.7 Å². The van der Waals surface area contributed by atoms with Crippen molar-refractivity contribution in [2.24, 2.45) is 0 Å². The van der Waals surface area contributed by atoms with E-state index >= 15 is 0 Å². The van der Waals surface area contributed by atoms with Crippen molar-refractivity contribution in [2.45, 2.75) is 60.8 Å². The molecule has 0 unspecified atom stereocenters. The summed E-state index contributed by atoms with van der Waals surface area (Å²) in [4.78, 5) is 0. The lowest BCUT2D eigenvalue weighted by molar-refractivity contribution is 0.867. The minimum absolute atomic E-state index is 0.603. The van der Waals surface area contributed by atoms with Crippen LogP contribution in [0.15, 0.2) is 48.5 Å². The first-order chi connectivity index (χ1) is 10.2.